The lowest BCUT2D eigenvalue weighted by Gasteiger charge is -2.14. The number of benzene rings is 1. The molecule has 40 heavy (non-hydrogen) atoms. The second kappa shape index (κ2) is 10.2. The fourth-order valence-electron chi connectivity index (χ4n) is 4.54. The highest BCUT2D eigenvalue weighted by Gasteiger charge is 2.37. The fourth-order valence-corrected chi connectivity index (χ4v) is 4.54. The van der Waals surface area contributed by atoms with Gasteiger partial charge in [-0.1, -0.05) is 24.3 Å². The molecule has 0 aliphatic heterocycles. The Kier molecular flexibility index (Phi) is 6.65. The molecular weight excluding hydrogens is 525 g/mol. The van der Waals surface area contributed by atoms with E-state index in [1.54, 1.807) is 41.8 Å². The first-order valence-corrected chi connectivity index (χ1v) is 13.1. The van der Waals surface area contributed by atoms with E-state index in [0.29, 0.717) is 34.3 Å². The van der Waals surface area contributed by atoms with Crippen LogP contribution in [0, 0.1) is 0 Å². The van der Waals surface area contributed by atoms with Crippen molar-refractivity contribution in [2.24, 2.45) is 0 Å². The summed E-state index contributed by atoms with van der Waals surface area (Å²) in [6, 6.07) is 8.66. The first kappa shape index (κ1) is 26.2. The maximum absolute atomic E-state index is 13.3. The third-order valence-electron chi connectivity index (χ3n) is 6.94. The van der Waals surface area contributed by atoms with Crippen LogP contribution in [-0.4, -0.2) is 41.7 Å². The number of alkyl halides is 3. The summed E-state index contributed by atoms with van der Waals surface area (Å²) in [7, 11) is 1.52. The van der Waals surface area contributed by atoms with Crippen LogP contribution < -0.4 is 9.47 Å². The van der Waals surface area contributed by atoms with Gasteiger partial charge >= 0.3 is 6.18 Å². The second-order valence-electron chi connectivity index (χ2n) is 10.1. The van der Waals surface area contributed by atoms with Crippen LogP contribution in [0.15, 0.2) is 42.9 Å². The number of ether oxygens (including phenoxy) is 2. The van der Waals surface area contributed by atoms with Crippen molar-refractivity contribution in [3.8, 4) is 34.5 Å². The van der Waals surface area contributed by atoms with Crippen molar-refractivity contribution in [3.05, 3.63) is 65.5 Å². The van der Waals surface area contributed by atoms with Crippen LogP contribution in [0.4, 0.5) is 13.2 Å². The van der Waals surface area contributed by atoms with Crippen molar-refractivity contribution in [2.45, 2.75) is 63.5 Å². The summed E-state index contributed by atoms with van der Waals surface area (Å²) < 4.78 is 53.0. The quantitative estimate of drug-likeness (QED) is 0.283. The molecule has 9 nitrogen and oxygen atoms in total. The molecule has 0 bridgehead atoms. The Balaban J connectivity index is 1.25. The van der Waals surface area contributed by atoms with Gasteiger partial charge in [-0.2, -0.15) is 18.2 Å². The topological polar surface area (TPSA) is 108 Å². The van der Waals surface area contributed by atoms with Gasteiger partial charge in [0.25, 0.3) is 0 Å². The van der Waals surface area contributed by atoms with Crippen molar-refractivity contribution < 1.29 is 27.8 Å². The third-order valence-corrected chi connectivity index (χ3v) is 6.94. The van der Waals surface area contributed by atoms with Gasteiger partial charge in [-0.25, -0.2) is 19.9 Å². The van der Waals surface area contributed by atoms with Gasteiger partial charge < -0.3 is 19.1 Å². The van der Waals surface area contributed by atoms with E-state index >= 15 is 0 Å². The van der Waals surface area contributed by atoms with Crippen LogP contribution >= 0.6 is 0 Å². The van der Waals surface area contributed by atoms with Gasteiger partial charge in [0.1, 0.15) is 24.3 Å². The summed E-state index contributed by atoms with van der Waals surface area (Å²) >= 11 is 0. The Morgan fingerprint density at radius 2 is 1.80 bits per heavy atom. The molecule has 0 amide bonds. The maximum atomic E-state index is 13.3. The molecule has 208 valence electrons. The number of aliphatic hydroxyl groups is 1. The van der Waals surface area contributed by atoms with Gasteiger partial charge in [-0.05, 0) is 38.2 Å². The molecular formula is C28H27F3N6O3. The van der Waals surface area contributed by atoms with E-state index in [2.05, 4.69) is 24.9 Å². The van der Waals surface area contributed by atoms with Gasteiger partial charge in [-0.15, -0.1) is 0 Å². The molecule has 0 saturated heterocycles. The predicted molar refractivity (Wildman–Crippen MR) is 137 cm³/mol. The van der Waals surface area contributed by atoms with Gasteiger partial charge in [-0.3, -0.25) is 0 Å². The van der Waals surface area contributed by atoms with Crippen LogP contribution in [0.25, 0.3) is 22.8 Å². The van der Waals surface area contributed by atoms with Crippen molar-refractivity contribution in [1.82, 2.24) is 29.5 Å². The molecule has 1 unspecified atom stereocenters. The Morgan fingerprint density at radius 3 is 2.42 bits per heavy atom. The Hall–Kier alpha value is -4.06. The molecule has 0 radical (unpaired) electrons. The molecule has 2 saturated carbocycles. The normalized spacial score (nSPS) is 16.1. The van der Waals surface area contributed by atoms with E-state index < -0.39 is 18.0 Å². The smallest absolute Gasteiger partial charge is 0.434 e. The molecule has 2 aliphatic rings. The third kappa shape index (κ3) is 5.35. The number of hydrogen-bond donors (Lipinski definition) is 1. The summed E-state index contributed by atoms with van der Waals surface area (Å²) in [5.74, 6) is 1.47. The van der Waals surface area contributed by atoms with Crippen molar-refractivity contribution in [1.29, 1.82) is 0 Å². The highest BCUT2D eigenvalue weighted by atomic mass is 19.4. The standard InChI is InChI=1S/C28H27F3N6O3/c1-15(38)20-11-22(36-25(34-20)23-24(17-7-8-17)32-14-33-27(23)39-2)40-13-16-3-5-18(6-4-16)26-35-21(28(29,30)31)12-37(26)19-9-10-19/h3-6,11-12,14-15,17,19,38H,7-10,13H2,1-2H3. The molecule has 2 aliphatic carbocycles. The van der Waals surface area contributed by atoms with E-state index in [-0.39, 0.29) is 24.4 Å². The summed E-state index contributed by atoms with van der Waals surface area (Å²) in [5.41, 5.74) is 2.23. The van der Waals surface area contributed by atoms with Crippen LogP contribution in [0.5, 0.6) is 11.8 Å². The van der Waals surface area contributed by atoms with E-state index in [4.69, 9.17) is 9.47 Å². The number of methoxy groups -OCH3 is 1. The average Bonchev–Trinajstić information content (AvgIpc) is 3.89. The minimum Gasteiger partial charge on any atom is -0.480 e. The number of halogens is 3. The number of hydrogen-bond acceptors (Lipinski definition) is 8. The monoisotopic (exact) mass is 552 g/mol. The van der Waals surface area contributed by atoms with Crippen molar-refractivity contribution in [3.63, 3.8) is 0 Å². The van der Waals surface area contributed by atoms with E-state index in [0.717, 1.165) is 43.1 Å². The van der Waals surface area contributed by atoms with Gasteiger partial charge in [0.15, 0.2) is 11.5 Å². The zero-order valence-electron chi connectivity index (χ0n) is 21.9. The number of aliphatic hydroxyl groups excluding tert-OH is 1. The average molecular weight is 553 g/mol. The molecule has 2 fully saturated rings. The molecule has 1 aromatic carbocycles. The Labute approximate surface area is 228 Å². The van der Waals surface area contributed by atoms with Crippen LogP contribution in [0.1, 0.15) is 73.3 Å². The number of imidazole rings is 1. The lowest BCUT2D eigenvalue weighted by Crippen LogP contribution is -2.07. The number of aromatic nitrogens is 6. The van der Waals surface area contributed by atoms with Crippen LogP contribution in [0.3, 0.4) is 0 Å². The maximum Gasteiger partial charge on any atom is 0.434 e. The first-order valence-electron chi connectivity index (χ1n) is 13.1. The fraction of sp³-hybridized carbons (Fsp3) is 0.393. The molecule has 3 heterocycles. The Morgan fingerprint density at radius 1 is 1.05 bits per heavy atom. The number of rotatable bonds is 9. The lowest BCUT2D eigenvalue weighted by molar-refractivity contribution is -0.140. The molecule has 0 spiro atoms. The van der Waals surface area contributed by atoms with Crippen molar-refractivity contribution in [2.75, 3.05) is 7.11 Å². The minimum absolute atomic E-state index is 0.0470. The molecule has 12 heteroatoms. The zero-order valence-corrected chi connectivity index (χ0v) is 21.9. The SMILES string of the molecule is COc1ncnc(C2CC2)c1-c1nc(OCc2ccc(-c3nc(C(F)(F)F)cn3C3CC3)cc2)cc(C(C)O)n1. The number of nitrogens with zero attached hydrogens (tertiary/aromatic N) is 6. The summed E-state index contributed by atoms with van der Waals surface area (Å²) in [6.45, 7) is 1.74. The molecule has 1 atom stereocenters. The highest BCUT2D eigenvalue weighted by Crippen LogP contribution is 2.45. The predicted octanol–water partition coefficient (Wildman–Crippen LogP) is 5.67. The minimum atomic E-state index is -4.50. The molecule has 4 aromatic rings. The summed E-state index contributed by atoms with van der Waals surface area (Å²) in [5, 5.41) is 10.3. The van der Waals surface area contributed by atoms with Gasteiger partial charge in [0.2, 0.25) is 11.8 Å². The molecule has 3 aromatic heterocycles. The van der Waals surface area contributed by atoms with Gasteiger partial charge in [0, 0.05) is 29.8 Å². The van der Waals surface area contributed by atoms with E-state index in [1.807, 2.05) is 0 Å². The molecule has 1 N–H and O–H groups in total. The van der Waals surface area contributed by atoms with E-state index in [9.17, 15) is 18.3 Å². The first-order chi connectivity index (χ1) is 19.2. The highest BCUT2D eigenvalue weighted by molar-refractivity contribution is 5.66. The summed E-state index contributed by atoms with van der Waals surface area (Å²) in [4.78, 5) is 21.7. The van der Waals surface area contributed by atoms with Gasteiger partial charge in [0.05, 0.1) is 24.6 Å². The van der Waals surface area contributed by atoms with E-state index in [1.165, 1.54) is 13.4 Å². The van der Waals surface area contributed by atoms with Crippen LogP contribution in [0.2, 0.25) is 0 Å². The lowest BCUT2D eigenvalue weighted by atomic mass is 10.1. The molecule has 6 rings (SSSR count). The summed E-state index contributed by atoms with van der Waals surface area (Å²) in [6.07, 6.45) is 0.853. The largest absolute Gasteiger partial charge is 0.480 e. The van der Waals surface area contributed by atoms with Crippen LogP contribution in [-0.2, 0) is 12.8 Å². The zero-order chi connectivity index (χ0) is 28.0. The Bertz CT molecular complexity index is 1530. The van der Waals surface area contributed by atoms with Crippen molar-refractivity contribution >= 4 is 0 Å². The second-order valence-corrected chi connectivity index (χ2v) is 10.1.